The number of pyridine rings is 1. The molecule has 3 nitrogen and oxygen atoms in total. The fraction of sp³-hybridized carbons (Fsp3) is 0. The van der Waals surface area contributed by atoms with Gasteiger partial charge in [-0.15, -0.1) is 0 Å². The Bertz CT molecular complexity index is 1020. The number of nitriles is 1. The van der Waals surface area contributed by atoms with Crippen LogP contribution >= 0.6 is 0 Å². The molecule has 0 unspecified atom stereocenters. The Kier molecular flexibility index (Phi) is 3.14. The molecule has 2 aromatic heterocycles. The lowest BCUT2D eigenvalue weighted by molar-refractivity contribution is 0.966. The zero-order valence-corrected chi connectivity index (χ0v) is 12.3. The van der Waals surface area contributed by atoms with Crippen LogP contribution in [0.2, 0.25) is 0 Å². The van der Waals surface area contributed by atoms with Crippen LogP contribution in [0.25, 0.3) is 27.9 Å². The van der Waals surface area contributed by atoms with Crippen LogP contribution < -0.4 is 0 Å². The number of nitrogens with zero attached hydrogens (tertiary/aromatic N) is 3. The summed E-state index contributed by atoms with van der Waals surface area (Å²) in [6.45, 7) is 0. The molecule has 0 amide bonds. The van der Waals surface area contributed by atoms with Crippen molar-refractivity contribution >= 4 is 5.52 Å². The Morgan fingerprint density at radius 2 is 1.57 bits per heavy atom. The van der Waals surface area contributed by atoms with Gasteiger partial charge >= 0.3 is 0 Å². The monoisotopic (exact) mass is 295 g/mol. The Labute approximate surface area is 134 Å². The fourth-order valence-corrected chi connectivity index (χ4v) is 2.86. The Balaban J connectivity index is 2.11. The predicted octanol–water partition coefficient (Wildman–Crippen LogP) is 4.54. The van der Waals surface area contributed by atoms with Crippen molar-refractivity contribution in [1.29, 1.82) is 5.26 Å². The second-order valence-electron chi connectivity index (χ2n) is 5.28. The van der Waals surface area contributed by atoms with Crippen molar-refractivity contribution in [3.05, 3.63) is 84.6 Å². The van der Waals surface area contributed by atoms with Crippen LogP contribution in [0.4, 0.5) is 0 Å². The Morgan fingerprint density at radius 3 is 2.39 bits per heavy atom. The molecule has 4 rings (SSSR count). The van der Waals surface area contributed by atoms with E-state index >= 15 is 0 Å². The van der Waals surface area contributed by atoms with Gasteiger partial charge in [-0.25, -0.2) is 4.52 Å². The molecular weight excluding hydrogens is 282 g/mol. The summed E-state index contributed by atoms with van der Waals surface area (Å²) < 4.78 is 1.87. The molecule has 0 aliphatic carbocycles. The van der Waals surface area contributed by atoms with Crippen molar-refractivity contribution in [2.45, 2.75) is 0 Å². The molecule has 0 aliphatic rings. The second kappa shape index (κ2) is 5.43. The molecule has 2 heterocycles. The highest BCUT2D eigenvalue weighted by Gasteiger charge is 2.18. The van der Waals surface area contributed by atoms with Crippen molar-refractivity contribution < 1.29 is 0 Å². The van der Waals surface area contributed by atoms with Gasteiger partial charge < -0.3 is 0 Å². The zero-order chi connectivity index (χ0) is 15.6. The van der Waals surface area contributed by atoms with Crippen molar-refractivity contribution in [1.82, 2.24) is 9.61 Å². The number of hydrogen-bond acceptors (Lipinski definition) is 2. The first-order valence-corrected chi connectivity index (χ1v) is 7.41. The number of hydrogen-bond donors (Lipinski definition) is 0. The topological polar surface area (TPSA) is 41.1 Å². The molecule has 3 heteroatoms. The molecule has 0 N–H and O–H groups in total. The third-order valence-electron chi connectivity index (χ3n) is 3.90. The number of fused-ring (bicyclic) bond motifs is 1. The standard InChI is InChI=1S/C20H13N3/c21-14-16-10-4-5-11-17(16)19-18-12-6-7-13-23(18)22-20(19)15-8-2-1-3-9-15/h1-13H. The predicted molar refractivity (Wildman–Crippen MR) is 90.8 cm³/mol. The van der Waals surface area contributed by atoms with E-state index in [0.29, 0.717) is 5.56 Å². The van der Waals surface area contributed by atoms with Gasteiger partial charge in [0.25, 0.3) is 0 Å². The summed E-state index contributed by atoms with van der Waals surface area (Å²) in [5, 5.41) is 14.2. The third-order valence-corrected chi connectivity index (χ3v) is 3.90. The molecule has 4 aromatic rings. The van der Waals surface area contributed by atoms with Crippen molar-refractivity contribution in [3.63, 3.8) is 0 Å². The molecule has 0 fully saturated rings. The summed E-state index contributed by atoms with van der Waals surface area (Å²) >= 11 is 0. The van der Waals surface area contributed by atoms with Gasteiger partial charge in [-0.1, -0.05) is 54.6 Å². The Hall–Kier alpha value is -3.38. The molecule has 0 saturated carbocycles. The lowest BCUT2D eigenvalue weighted by atomic mass is 9.96. The SMILES string of the molecule is N#Cc1ccccc1-c1c(-c2ccccc2)nn2ccccc12. The molecule has 0 spiro atoms. The van der Waals surface area contributed by atoms with Crippen molar-refractivity contribution in [2.24, 2.45) is 0 Å². The van der Waals surface area contributed by atoms with Crippen molar-refractivity contribution in [3.8, 4) is 28.5 Å². The summed E-state index contributed by atoms with van der Waals surface area (Å²) in [4.78, 5) is 0. The molecule has 23 heavy (non-hydrogen) atoms. The molecule has 0 saturated heterocycles. The van der Waals surface area contributed by atoms with E-state index in [4.69, 9.17) is 5.10 Å². The van der Waals surface area contributed by atoms with Gasteiger partial charge in [0, 0.05) is 22.9 Å². The smallest absolute Gasteiger partial charge is 0.101 e. The lowest BCUT2D eigenvalue weighted by Gasteiger charge is -2.05. The largest absolute Gasteiger partial charge is 0.240 e. The average molecular weight is 295 g/mol. The zero-order valence-electron chi connectivity index (χ0n) is 12.3. The van der Waals surface area contributed by atoms with Crippen LogP contribution in [0.15, 0.2) is 79.0 Å². The molecule has 0 bridgehead atoms. The van der Waals surface area contributed by atoms with Gasteiger partial charge in [-0.2, -0.15) is 10.4 Å². The summed E-state index contributed by atoms with van der Waals surface area (Å²) in [7, 11) is 0. The maximum atomic E-state index is 9.47. The van der Waals surface area contributed by atoms with E-state index < -0.39 is 0 Å². The van der Waals surface area contributed by atoms with E-state index in [9.17, 15) is 5.26 Å². The first-order chi connectivity index (χ1) is 11.4. The van der Waals surface area contributed by atoms with Gasteiger partial charge in [-0.3, -0.25) is 0 Å². The first kappa shape index (κ1) is 13.3. The number of benzene rings is 2. The normalized spacial score (nSPS) is 10.6. The minimum absolute atomic E-state index is 0.656. The minimum atomic E-state index is 0.656. The van der Waals surface area contributed by atoms with Crippen LogP contribution in [-0.4, -0.2) is 9.61 Å². The van der Waals surface area contributed by atoms with Gasteiger partial charge in [-0.05, 0) is 18.2 Å². The highest BCUT2D eigenvalue weighted by Crippen LogP contribution is 2.36. The summed E-state index contributed by atoms with van der Waals surface area (Å²) in [5.41, 5.74) is 5.49. The first-order valence-electron chi connectivity index (χ1n) is 7.41. The number of rotatable bonds is 2. The minimum Gasteiger partial charge on any atom is -0.240 e. The van der Waals surface area contributed by atoms with Gasteiger partial charge in [0.05, 0.1) is 17.1 Å². The summed E-state index contributed by atoms with van der Waals surface area (Å²) in [6, 6.07) is 26.0. The maximum absolute atomic E-state index is 9.47. The Morgan fingerprint density at radius 1 is 0.826 bits per heavy atom. The molecular formula is C20H13N3. The van der Waals surface area contributed by atoms with Crippen LogP contribution in [0.1, 0.15) is 5.56 Å². The second-order valence-corrected chi connectivity index (χ2v) is 5.28. The highest BCUT2D eigenvalue weighted by molar-refractivity contribution is 5.94. The quantitative estimate of drug-likeness (QED) is 0.544. The molecule has 2 aromatic carbocycles. The van der Waals surface area contributed by atoms with Crippen LogP contribution in [0.3, 0.4) is 0 Å². The average Bonchev–Trinajstić information content (AvgIpc) is 3.02. The summed E-state index contributed by atoms with van der Waals surface area (Å²) in [5.74, 6) is 0. The van der Waals surface area contributed by atoms with Gasteiger partial charge in [0.15, 0.2) is 0 Å². The van der Waals surface area contributed by atoms with Gasteiger partial charge in [0.2, 0.25) is 0 Å². The van der Waals surface area contributed by atoms with E-state index in [2.05, 4.69) is 6.07 Å². The van der Waals surface area contributed by atoms with Gasteiger partial charge in [0.1, 0.15) is 5.69 Å². The molecule has 0 radical (unpaired) electrons. The molecule has 0 atom stereocenters. The highest BCUT2D eigenvalue weighted by atomic mass is 15.2. The number of aromatic nitrogens is 2. The van der Waals surface area contributed by atoms with E-state index in [1.807, 2.05) is 83.5 Å². The van der Waals surface area contributed by atoms with Crippen LogP contribution in [0, 0.1) is 11.3 Å². The fourth-order valence-electron chi connectivity index (χ4n) is 2.86. The summed E-state index contributed by atoms with van der Waals surface area (Å²) in [6.07, 6.45) is 1.93. The van der Waals surface area contributed by atoms with E-state index in [-0.39, 0.29) is 0 Å². The van der Waals surface area contributed by atoms with Crippen LogP contribution in [0.5, 0.6) is 0 Å². The van der Waals surface area contributed by atoms with Crippen LogP contribution in [-0.2, 0) is 0 Å². The van der Waals surface area contributed by atoms with E-state index in [0.717, 1.165) is 27.9 Å². The van der Waals surface area contributed by atoms with E-state index in [1.54, 1.807) is 0 Å². The maximum Gasteiger partial charge on any atom is 0.101 e. The van der Waals surface area contributed by atoms with Crippen molar-refractivity contribution in [2.75, 3.05) is 0 Å². The third kappa shape index (κ3) is 2.18. The van der Waals surface area contributed by atoms with E-state index in [1.165, 1.54) is 0 Å². The molecule has 0 aliphatic heterocycles. The lowest BCUT2D eigenvalue weighted by Crippen LogP contribution is -1.86. The molecule has 108 valence electrons.